The summed E-state index contributed by atoms with van der Waals surface area (Å²) in [5.41, 5.74) is 7.65. The zero-order chi connectivity index (χ0) is 11.3. The highest BCUT2D eigenvalue weighted by atomic mass is 32.1. The summed E-state index contributed by atoms with van der Waals surface area (Å²) in [6.45, 7) is 2.42. The summed E-state index contributed by atoms with van der Waals surface area (Å²) in [6.07, 6.45) is 0.482. The Balaban J connectivity index is 2.68. The minimum atomic E-state index is 0.0230. The van der Waals surface area contributed by atoms with Gasteiger partial charge in [0.2, 0.25) is 0 Å². The smallest absolute Gasteiger partial charge is 0.140 e. The van der Waals surface area contributed by atoms with Crippen molar-refractivity contribution in [3.8, 4) is 0 Å². The molecule has 0 saturated heterocycles. The van der Waals surface area contributed by atoms with Gasteiger partial charge >= 0.3 is 0 Å². The molecule has 1 rings (SSSR count). The molecule has 0 aromatic heterocycles. The lowest BCUT2D eigenvalue weighted by Crippen LogP contribution is -2.15. The maximum atomic E-state index is 11.7. The van der Waals surface area contributed by atoms with E-state index < -0.39 is 0 Å². The number of thiol groups is 1. The van der Waals surface area contributed by atoms with Crippen molar-refractivity contribution in [1.29, 1.82) is 0 Å². The highest BCUT2D eigenvalue weighted by Crippen LogP contribution is 2.09. The molecule has 0 saturated carbocycles. The first-order valence-corrected chi connectivity index (χ1v) is 5.72. The molecule has 0 amide bonds. The van der Waals surface area contributed by atoms with Gasteiger partial charge < -0.3 is 5.73 Å². The van der Waals surface area contributed by atoms with Crippen LogP contribution in [0.1, 0.15) is 18.1 Å². The number of carbonyl (C=O) groups excluding carboxylic acids is 1. The Morgan fingerprint density at radius 2 is 2.13 bits per heavy atom. The predicted octanol–water partition coefficient (Wildman–Crippen LogP) is 1.82. The normalized spacial score (nSPS) is 12.5. The fraction of sp³-hybridized carbons (Fsp3) is 0.417. The van der Waals surface area contributed by atoms with E-state index in [4.69, 9.17) is 5.73 Å². The number of nitrogens with two attached hydrogens (primary N) is 1. The van der Waals surface area contributed by atoms with E-state index in [1.54, 1.807) is 0 Å². The lowest BCUT2D eigenvalue weighted by Gasteiger charge is -2.07. The van der Waals surface area contributed by atoms with Crippen molar-refractivity contribution in [3.05, 3.63) is 35.4 Å². The van der Waals surface area contributed by atoms with Crippen LogP contribution in [-0.2, 0) is 17.8 Å². The number of rotatable bonds is 5. The summed E-state index contributed by atoms with van der Waals surface area (Å²) in [5.74, 6) is 0.865. The summed E-state index contributed by atoms with van der Waals surface area (Å²) in [6, 6.07) is 7.86. The Hall–Kier alpha value is -0.800. The van der Waals surface area contributed by atoms with Gasteiger partial charge in [-0.3, -0.25) is 4.79 Å². The van der Waals surface area contributed by atoms with Gasteiger partial charge in [0.25, 0.3) is 0 Å². The third-order valence-electron chi connectivity index (χ3n) is 2.43. The topological polar surface area (TPSA) is 43.1 Å². The molecule has 0 bridgehead atoms. The Bertz CT molecular complexity index is 338. The van der Waals surface area contributed by atoms with Crippen LogP contribution in [-0.4, -0.2) is 11.5 Å². The zero-order valence-electron chi connectivity index (χ0n) is 8.94. The molecular formula is C12H17NOS. The molecule has 15 heavy (non-hydrogen) atoms. The number of ketones is 1. The fourth-order valence-corrected chi connectivity index (χ4v) is 1.55. The number of benzene rings is 1. The van der Waals surface area contributed by atoms with Gasteiger partial charge in [0, 0.05) is 18.9 Å². The minimum absolute atomic E-state index is 0.0230. The van der Waals surface area contributed by atoms with Crippen LogP contribution >= 0.6 is 12.6 Å². The highest BCUT2D eigenvalue weighted by Gasteiger charge is 2.11. The molecule has 0 aliphatic rings. The van der Waals surface area contributed by atoms with E-state index in [2.05, 4.69) is 12.6 Å². The second kappa shape index (κ2) is 5.93. The highest BCUT2D eigenvalue weighted by molar-refractivity contribution is 7.80. The molecule has 0 spiro atoms. The Morgan fingerprint density at radius 3 is 2.73 bits per heavy atom. The Morgan fingerprint density at radius 1 is 1.47 bits per heavy atom. The molecule has 0 fully saturated rings. The zero-order valence-corrected chi connectivity index (χ0v) is 9.84. The number of Topliss-reactive ketones (excluding diaryl/α,β-unsaturated/α-hetero) is 1. The maximum Gasteiger partial charge on any atom is 0.140 e. The van der Waals surface area contributed by atoms with E-state index in [1.165, 1.54) is 0 Å². The molecule has 1 aromatic carbocycles. The molecule has 0 heterocycles. The summed E-state index contributed by atoms with van der Waals surface area (Å²) in [5, 5.41) is 0. The summed E-state index contributed by atoms with van der Waals surface area (Å²) >= 11 is 4.12. The van der Waals surface area contributed by atoms with Crippen molar-refractivity contribution in [3.63, 3.8) is 0 Å². The molecule has 0 aliphatic heterocycles. The van der Waals surface area contributed by atoms with E-state index >= 15 is 0 Å². The van der Waals surface area contributed by atoms with Gasteiger partial charge in [-0.05, 0) is 16.9 Å². The summed E-state index contributed by atoms with van der Waals surface area (Å²) in [7, 11) is 0. The van der Waals surface area contributed by atoms with Crippen molar-refractivity contribution < 1.29 is 4.79 Å². The van der Waals surface area contributed by atoms with Crippen LogP contribution in [0, 0.1) is 5.92 Å². The molecule has 1 unspecified atom stereocenters. The second-order valence-electron chi connectivity index (χ2n) is 3.75. The molecule has 1 atom stereocenters. The first-order valence-electron chi connectivity index (χ1n) is 5.08. The fourth-order valence-electron chi connectivity index (χ4n) is 1.34. The number of carbonyl (C=O) groups is 1. The maximum absolute atomic E-state index is 11.7. The third-order valence-corrected chi connectivity index (χ3v) is 2.98. The quantitative estimate of drug-likeness (QED) is 0.748. The van der Waals surface area contributed by atoms with Crippen molar-refractivity contribution in [2.45, 2.75) is 19.9 Å². The summed E-state index contributed by atoms with van der Waals surface area (Å²) < 4.78 is 0. The predicted molar refractivity (Wildman–Crippen MR) is 66.1 cm³/mol. The van der Waals surface area contributed by atoms with Crippen molar-refractivity contribution >= 4 is 18.4 Å². The second-order valence-corrected chi connectivity index (χ2v) is 4.12. The van der Waals surface area contributed by atoms with Gasteiger partial charge in [-0.15, -0.1) is 0 Å². The molecule has 3 heteroatoms. The van der Waals surface area contributed by atoms with Gasteiger partial charge in [-0.25, -0.2) is 0 Å². The van der Waals surface area contributed by atoms with Crippen molar-refractivity contribution in [1.82, 2.24) is 0 Å². The molecule has 2 nitrogen and oxygen atoms in total. The standard InChI is InChI=1S/C12H17NOS/c1-9(8-15)12(14)6-10-3-2-4-11(5-10)7-13/h2-5,9,15H,6-8,13H2,1H3. The molecule has 2 N–H and O–H groups in total. The molecule has 0 aliphatic carbocycles. The average molecular weight is 223 g/mol. The van der Waals surface area contributed by atoms with Crippen LogP contribution in [0.15, 0.2) is 24.3 Å². The third kappa shape index (κ3) is 3.68. The van der Waals surface area contributed by atoms with Crippen LogP contribution in [0.25, 0.3) is 0 Å². The molecule has 82 valence electrons. The van der Waals surface area contributed by atoms with Crippen LogP contribution in [0.3, 0.4) is 0 Å². The van der Waals surface area contributed by atoms with Crippen LogP contribution in [0.2, 0.25) is 0 Å². The Kier molecular flexibility index (Phi) is 4.85. The first-order chi connectivity index (χ1) is 7.17. The summed E-state index contributed by atoms with van der Waals surface area (Å²) in [4.78, 5) is 11.7. The first kappa shape index (κ1) is 12.3. The van der Waals surface area contributed by atoms with Gasteiger partial charge in [-0.2, -0.15) is 12.6 Å². The largest absolute Gasteiger partial charge is 0.326 e. The minimum Gasteiger partial charge on any atom is -0.326 e. The van der Waals surface area contributed by atoms with Gasteiger partial charge in [0.15, 0.2) is 0 Å². The monoisotopic (exact) mass is 223 g/mol. The lowest BCUT2D eigenvalue weighted by atomic mass is 9.99. The van der Waals surface area contributed by atoms with Crippen molar-refractivity contribution in [2.24, 2.45) is 11.7 Å². The lowest BCUT2D eigenvalue weighted by molar-refractivity contribution is -0.121. The van der Waals surface area contributed by atoms with Gasteiger partial charge in [0.1, 0.15) is 5.78 Å². The van der Waals surface area contributed by atoms with Crippen LogP contribution in [0.5, 0.6) is 0 Å². The molecule has 1 aromatic rings. The molecule has 0 radical (unpaired) electrons. The van der Waals surface area contributed by atoms with E-state index in [-0.39, 0.29) is 11.7 Å². The van der Waals surface area contributed by atoms with Gasteiger partial charge in [-0.1, -0.05) is 31.2 Å². The Labute approximate surface area is 96.3 Å². The number of hydrogen-bond donors (Lipinski definition) is 2. The van der Waals surface area contributed by atoms with Gasteiger partial charge in [0.05, 0.1) is 0 Å². The number of hydrogen-bond acceptors (Lipinski definition) is 3. The van der Waals surface area contributed by atoms with E-state index in [0.29, 0.717) is 18.7 Å². The van der Waals surface area contributed by atoms with Crippen molar-refractivity contribution in [2.75, 3.05) is 5.75 Å². The molecular weight excluding hydrogens is 206 g/mol. The van der Waals surface area contributed by atoms with Crippen LogP contribution in [0.4, 0.5) is 0 Å². The SMILES string of the molecule is CC(CS)C(=O)Cc1cccc(CN)c1. The van der Waals surface area contributed by atoms with E-state index in [0.717, 1.165) is 11.1 Å². The van der Waals surface area contributed by atoms with E-state index in [1.807, 2.05) is 31.2 Å². The van der Waals surface area contributed by atoms with Crippen LogP contribution < -0.4 is 5.73 Å². The van der Waals surface area contributed by atoms with E-state index in [9.17, 15) is 4.79 Å². The average Bonchev–Trinajstić information content (AvgIpc) is 2.28.